The largest absolute Gasteiger partial charge is 0.312 e. The van der Waals surface area contributed by atoms with Crippen molar-refractivity contribution < 1.29 is 0 Å². The zero-order valence-electron chi connectivity index (χ0n) is 12.7. The van der Waals surface area contributed by atoms with E-state index >= 15 is 0 Å². The average Bonchev–Trinajstić information content (AvgIpc) is 2.37. The Kier molecular flexibility index (Phi) is 9.79. The van der Waals surface area contributed by atoms with Crippen molar-refractivity contribution in [1.82, 2.24) is 9.13 Å². The van der Waals surface area contributed by atoms with Crippen molar-refractivity contribution in [1.29, 1.82) is 0 Å². The van der Waals surface area contributed by atoms with Gasteiger partial charge in [-0.2, -0.15) is 0 Å². The minimum Gasteiger partial charge on any atom is -0.312 e. The Morgan fingerprint density at radius 1 is 0.882 bits per heavy atom. The number of hydrogen-bond donors (Lipinski definition) is 0. The standard InChI is InChI=1S/C14H32N2Si/c1-7-14(6)12-13-17(15(8-2)9-3)16(10-4)11-5/h12-14,17H,7-11H2,1-6H3. The van der Waals surface area contributed by atoms with Crippen molar-refractivity contribution in [2.24, 2.45) is 5.92 Å². The molecule has 1 atom stereocenters. The normalized spacial score (nSPS) is 14.4. The molecule has 0 aromatic rings. The van der Waals surface area contributed by atoms with Crippen LogP contribution in [0.2, 0.25) is 0 Å². The second-order valence-electron chi connectivity index (χ2n) is 4.63. The summed E-state index contributed by atoms with van der Waals surface area (Å²) in [5, 5.41) is 0. The summed E-state index contributed by atoms with van der Waals surface area (Å²) in [6.45, 7) is 18.4. The SMILES string of the molecule is CCC(C)C=C[SiH](N(CC)CC)N(CC)CC. The fourth-order valence-electron chi connectivity index (χ4n) is 2.09. The Bertz CT molecular complexity index is 186. The Morgan fingerprint density at radius 2 is 1.29 bits per heavy atom. The molecule has 17 heavy (non-hydrogen) atoms. The van der Waals surface area contributed by atoms with Crippen LogP contribution in [0.1, 0.15) is 48.0 Å². The molecule has 0 aliphatic heterocycles. The smallest absolute Gasteiger partial charge is 0.215 e. The maximum absolute atomic E-state index is 2.66. The molecular weight excluding hydrogens is 224 g/mol. The second kappa shape index (κ2) is 9.86. The zero-order chi connectivity index (χ0) is 13.3. The van der Waals surface area contributed by atoms with Crippen LogP contribution < -0.4 is 0 Å². The lowest BCUT2D eigenvalue weighted by atomic mass is 10.1. The van der Waals surface area contributed by atoms with E-state index in [4.69, 9.17) is 0 Å². The van der Waals surface area contributed by atoms with Crippen LogP contribution in [-0.4, -0.2) is 44.4 Å². The molecule has 102 valence electrons. The van der Waals surface area contributed by atoms with Crippen molar-refractivity contribution in [2.45, 2.75) is 48.0 Å². The van der Waals surface area contributed by atoms with Crippen LogP contribution in [0.5, 0.6) is 0 Å². The minimum absolute atomic E-state index is 0.719. The van der Waals surface area contributed by atoms with Gasteiger partial charge in [-0.25, -0.2) is 0 Å². The molecule has 0 aliphatic carbocycles. The van der Waals surface area contributed by atoms with Gasteiger partial charge in [-0.15, -0.1) is 0 Å². The van der Waals surface area contributed by atoms with Crippen LogP contribution >= 0.6 is 0 Å². The maximum atomic E-state index is 2.66. The van der Waals surface area contributed by atoms with E-state index in [0.29, 0.717) is 0 Å². The van der Waals surface area contributed by atoms with E-state index in [2.05, 4.69) is 62.4 Å². The van der Waals surface area contributed by atoms with Crippen molar-refractivity contribution in [2.75, 3.05) is 26.2 Å². The summed E-state index contributed by atoms with van der Waals surface area (Å²) in [7, 11) is -1.05. The number of hydrogen-bond acceptors (Lipinski definition) is 2. The highest BCUT2D eigenvalue weighted by molar-refractivity contribution is 6.58. The van der Waals surface area contributed by atoms with Crippen LogP contribution in [-0.2, 0) is 0 Å². The Balaban J connectivity index is 4.76. The Morgan fingerprint density at radius 3 is 1.59 bits per heavy atom. The molecule has 0 saturated heterocycles. The summed E-state index contributed by atoms with van der Waals surface area (Å²) in [6, 6.07) is 0. The van der Waals surface area contributed by atoms with E-state index in [-0.39, 0.29) is 0 Å². The minimum atomic E-state index is -1.05. The summed E-state index contributed by atoms with van der Waals surface area (Å²) in [5.41, 5.74) is 2.54. The first-order valence-corrected chi connectivity index (χ1v) is 9.00. The monoisotopic (exact) mass is 256 g/mol. The molecule has 0 aromatic heterocycles. The Labute approximate surface area is 110 Å². The van der Waals surface area contributed by atoms with E-state index in [1.165, 1.54) is 32.6 Å². The van der Waals surface area contributed by atoms with Crippen molar-refractivity contribution in [3.8, 4) is 0 Å². The van der Waals surface area contributed by atoms with Gasteiger partial charge in [0.05, 0.1) is 0 Å². The summed E-state index contributed by atoms with van der Waals surface area (Å²) in [5.74, 6) is 0.719. The van der Waals surface area contributed by atoms with E-state index in [0.717, 1.165) is 5.92 Å². The van der Waals surface area contributed by atoms with Crippen molar-refractivity contribution >= 4 is 9.12 Å². The highest BCUT2D eigenvalue weighted by Crippen LogP contribution is 2.08. The van der Waals surface area contributed by atoms with Gasteiger partial charge >= 0.3 is 0 Å². The molecule has 0 fully saturated rings. The quantitative estimate of drug-likeness (QED) is 0.585. The molecule has 0 radical (unpaired) electrons. The lowest BCUT2D eigenvalue weighted by Gasteiger charge is -2.34. The molecule has 0 bridgehead atoms. The van der Waals surface area contributed by atoms with Gasteiger partial charge in [0.25, 0.3) is 0 Å². The first-order chi connectivity index (χ1) is 8.14. The highest BCUT2D eigenvalue weighted by Gasteiger charge is 2.20. The molecule has 2 nitrogen and oxygen atoms in total. The summed E-state index contributed by atoms with van der Waals surface area (Å²) in [4.78, 5) is 0. The lowest BCUT2D eigenvalue weighted by molar-refractivity contribution is 0.387. The molecule has 0 aliphatic rings. The van der Waals surface area contributed by atoms with Crippen molar-refractivity contribution in [3.05, 3.63) is 11.8 Å². The second-order valence-corrected chi connectivity index (χ2v) is 7.30. The van der Waals surface area contributed by atoms with Crippen LogP contribution in [0, 0.1) is 5.92 Å². The third kappa shape index (κ3) is 5.84. The van der Waals surface area contributed by atoms with Gasteiger partial charge in [0.1, 0.15) is 0 Å². The third-order valence-electron chi connectivity index (χ3n) is 3.63. The molecular formula is C14H32N2Si. The van der Waals surface area contributed by atoms with E-state index in [9.17, 15) is 0 Å². The Hall–Kier alpha value is -0.123. The number of allylic oxidation sites excluding steroid dienone is 1. The third-order valence-corrected chi connectivity index (χ3v) is 7.15. The molecule has 0 aromatic carbocycles. The topological polar surface area (TPSA) is 6.48 Å². The van der Waals surface area contributed by atoms with Crippen LogP contribution in [0.4, 0.5) is 0 Å². The van der Waals surface area contributed by atoms with Gasteiger partial charge in [-0.1, -0.05) is 59.7 Å². The van der Waals surface area contributed by atoms with Crippen LogP contribution in [0.15, 0.2) is 11.8 Å². The van der Waals surface area contributed by atoms with Gasteiger partial charge in [0.2, 0.25) is 9.12 Å². The molecule has 0 saturated carbocycles. The van der Waals surface area contributed by atoms with Gasteiger partial charge in [-0.05, 0) is 32.1 Å². The first kappa shape index (κ1) is 16.9. The fraction of sp³-hybridized carbons (Fsp3) is 0.857. The predicted molar refractivity (Wildman–Crippen MR) is 81.6 cm³/mol. The molecule has 0 heterocycles. The first-order valence-electron chi connectivity index (χ1n) is 7.30. The van der Waals surface area contributed by atoms with Crippen LogP contribution in [0.25, 0.3) is 0 Å². The molecule has 3 heteroatoms. The van der Waals surface area contributed by atoms with Gasteiger partial charge in [0, 0.05) is 0 Å². The fourth-order valence-corrected chi connectivity index (χ4v) is 5.12. The van der Waals surface area contributed by atoms with E-state index in [1.54, 1.807) is 0 Å². The number of rotatable bonds is 9. The molecule has 0 amide bonds. The lowest BCUT2D eigenvalue weighted by Crippen LogP contribution is -2.51. The summed E-state index contributed by atoms with van der Waals surface area (Å²) < 4.78 is 5.32. The van der Waals surface area contributed by atoms with Gasteiger partial charge in [0.15, 0.2) is 0 Å². The van der Waals surface area contributed by atoms with E-state index in [1.807, 2.05) is 0 Å². The van der Waals surface area contributed by atoms with Crippen LogP contribution in [0.3, 0.4) is 0 Å². The molecule has 0 rings (SSSR count). The maximum Gasteiger partial charge on any atom is 0.215 e. The predicted octanol–water partition coefficient (Wildman–Crippen LogP) is 3.03. The average molecular weight is 257 g/mol. The van der Waals surface area contributed by atoms with Crippen molar-refractivity contribution in [3.63, 3.8) is 0 Å². The summed E-state index contributed by atoms with van der Waals surface area (Å²) >= 11 is 0. The molecule has 0 N–H and O–H groups in total. The summed E-state index contributed by atoms with van der Waals surface area (Å²) in [6.07, 6.45) is 3.68. The molecule has 1 unspecified atom stereocenters. The number of nitrogens with zero attached hydrogens (tertiary/aromatic N) is 2. The molecule has 0 spiro atoms. The highest BCUT2D eigenvalue weighted by atomic mass is 28.3. The van der Waals surface area contributed by atoms with Gasteiger partial charge in [-0.3, -0.25) is 0 Å². The van der Waals surface area contributed by atoms with Gasteiger partial charge < -0.3 is 9.13 Å². The zero-order valence-corrected chi connectivity index (χ0v) is 13.9. The van der Waals surface area contributed by atoms with E-state index < -0.39 is 9.12 Å².